The summed E-state index contributed by atoms with van der Waals surface area (Å²) < 4.78 is 0. The Kier molecular flexibility index (Phi) is 5.03. The van der Waals surface area contributed by atoms with E-state index in [9.17, 15) is 0 Å². The van der Waals surface area contributed by atoms with Crippen LogP contribution in [-0.4, -0.2) is 10.9 Å². The van der Waals surface area contributed by atoms with Crippen molar-refractivity contribution in [2.24, 2.45) is 22.4 Å². The van der Waals surface area contributed by atoms with Gasteiger partial charge in [-0.2, -0.15) is 0 Å². The van der Waals surface area contributed by atoms with E-state index in [1.807, 2.05) is 12.1 Å². The van der Waals surface area contributed by atoms with Crippen LogP contribution in [0.25, 0.3) is 0 Å². The molecule has 1 atom stereocenters. The van der Waals surface area contributed by atoms with E-state index in [4.69, 9.17) is 11.5 Å². The van der Waals surface area contributed by atoms with Crippen LogP contribution in [0, 0.1) is 5.92 Å². The molecule has 1 unspecified atom stereocenters. The van der Waals surface area contributed by atoms with Crippen LogP contribution >= 0.6 is 11.8 Å². The largest absolute Gasteiger partial charge is 0.378 e. The van der Waals surface area contributed by atoms with Gasteiger partial charge in [0.2, 0.25) is 0 Å². The average Bonchev–Trinajstić information content (AvgIpc) is 2.98. The van der Waals surface area contributed by atoms with E-state index >= 15 is 0 Å². The van der Waals surface area contributed by atoms with Crippen molar-refractivity contribution in [2.45, 2.75) is 25.8 Å². The maximum atomic E-state index is 6.55. The van der Waals surface area contributed by atoms with Gasteiger partial charge in [-0.15, -0.1) is 0 Å². The van der Waals surface area contributed by atoms with Crippen molar-refractivity contribution in [3.05, 3.63) is 65.2 Å². The van der Waals surface area contributed by atoms with Gasteiger partial charge < -0.3 is 11.5 Å². The lowest BCUT2D eigenvalue weighted by atomic mass is 9.91. The van der Waals surface area contributed by atoms with E-state index in [0.29, 0.717) is 11.1 Å². The van der Waals surface area contributed by atoms with E-state index < -0.39 is 0 Å². The Hall–Kier alpha value is -1.78. The van der Waals surface area contributed by atoms with Crippen LogP contribution in [0.15, 0.2) is 53.5 Å². The summed E-state index contributed by atoms with van der Waals surface area (Å²) in [5.41, 5.74) is 17.3. The Morgan fingerprint density at radius 2 is 1.87 bits per heavy atom. The van der Waals surface area contributed by atoms with Gasteiger partial charge >= 0.3 is 0 Å². The fourth-order valence-corrected chi connectivity index (χ4v) is 3.69. The minimum atomic E-state index is 0.0256. The van der Waals surface area contributed by atoms with Crippen LogP contribution in [0.3, 0.4) is 0 Å². The van der Waals surface area contributed by atoms with Crippen LogP contribution in [0.2, 0.25) is 0 Å². The molecule has 0 aliphatic heterocycles. The average molecular weight is 325 g/mol. The molecule has 0 bridgehead atoms. The SMILES string of the molecule is CCSC(N)=Nc1cccc(C(N)C2Cc3ccccc3C2)c1. The Balaban J connectivity index is 1.76. The van der Waals surface area contributed by atoms with Crippen molar-refractivity contribution < 1.29 is 0 Å². The van der Waals surface area contributed by atoms with Gasteiger partial charge in [-0.1, -0.05) is 55.1 Å². The predicted octanol–water partition coefficient (Wildman–Crippen LogP) is 3.80. The molecule has 2 aromatic carbocycles. The first kappa shape index (κ1) is 16.1. The van der Waals surface area contributed by atoms with Crippen LogP contribution in [0.1, 0.15) is 29.7 Å². The molecule has 0 saturated heterocycles. The summed E-state index contributed by atoms with van der Waals surface area (Å²) in [4.78, 5) is 4.46. The molecule has 4 N–H and O–H groups in total. The topological polar surface area (TPSA) is 64.4 Å². The minimum Gasteiger partial charge on any atom is -0.378 e. The van der Waals surface area contributed by atoms with Crippen molar-refractivity contribution in [3.8, 4) is 0 Å². The number of benzene rings is 2. The van der Waals surface area contributed by atoms with Gasteiger partial charge in [-0.05, 0) is 53.3 Å². The van der Waals surface area contributed by atoms with Gasteiger partial charge in [0, 0.05) is 6.04 Å². The first-order chi connectivity index (χ1) is 11.2. The Bertz CT molecular complexity index is 686. The number of hydrogen-bond acceptors (Lipinski definition) is 3. The van der Waals surface area contributed by atoms with Crippen LogP contribution in [0.5, 0.6) is 0 Å². The van der Waals surface area contributed by atoms with Crippen LogP contribution in [0.4, 0.5) is 5.69 Å². The summed E-state index contributed by atoms with van der Waals surface area (Å²) in [5, 5.41) is 0.603. The first-order valence-electron chi connectivity index (χ1n) is 8.06. The normalized spacial score (nSPS) is 16.3. The fourth-order valence-electron chi connectivity index (χ4n) is 3.23. The van der Waals surface area contributed by atoms with Crippen molar-refractivity contribution in [3.63, 3.8) is 0 Å². The predicted molar refractivity (Wildman–Crippen MR) is 100 cm³/mol. The number of amidine groups is 1. The lowest BCUT2D eigenvalue weighted by molar-refractivity contribution is 0.454. The van der Waals surface area contributed by atoms with Gasteiger partial charge in [-0.25, -0.2) is 4.99 Å². The van der Waals surface area contributed by atoms with Crippen molar-refractivity contribution in [1.29, 1.82) is 0 Å². The Morgan fingerprint density at radius 3 is 2.52 bits per heavy atom. The molecule has 0 radical (unpaired) electrons. The van der Waals surface area contributed by atoms with Gasteiger partial charge in [-0.3, -0.25) is 0 Å². The molecule has 0 spiro atoms. The number of fused-ring (bicyclic) bond motifs is 1. The highest BCUT2D eigenvalue weighted by Crippen LogP contribution is 2.34. The van der Waals surface area contributed by atoms with Crippen molar-refractivity contribution in [1.82, 2.24) is 0 Å². The number of aliphatic imine (C=N–C) groups is 1. The Labute approximate surface area is 142 Å². The van der Waals surface area contributed by atoms with Crippen molar-refractivity contribution >= 4 is 22.6 Å². The van der Waals surface area contributed by atoms with Gasteiger partial charge in [0.25, 0.3) is 0 Å². The number of thioether (sulfide) groups is 1. The summed E-state index contributed by atoms with van der Waals surface area (Å²) in [7, 11) is 0. The van der Waals surface area contributed by atoms with E-state index in [1.54, 1.807) is 11.8 Å². The van der Waals surface area contributed by atoms with Gasteiger partial charge in [0.1, 0.15) is 0 Å². The first-order valence-corrected chi connectivity index (χ1v) is 9.05. The monoisotopic (exact) mass is 325 g/mol. The molecule has 23 heavy (non-hydrogen) atoms. The molecule has 1 aliphatic carbocycles. The summed E-state index contributed by atoms with van der Waals surface area (Å²) in [5.74, 6) is 1.38. The highest BCUT2D eigenvalue weighted by Gasteiger charge is 2.27. The summed E-state index contributed by atoms with van der Waals surface area (Å²) in [6.45, 7) is 2.07. The maximum absolute atomic E-state index is 6.55. The zero-order chi connectivity index (χ0) is 16.2. The molecule has 120 valence electrons. The molecule has 3 nitrogen and oxygen atoms in total. The number of nitrogens with two attached hydrogens (primary N) is 2. The van der Waals surface area contributed by atoms with E-state index in [2.05, 4.69) is 48.3 Å². The van der Waals surface area contributed by atoms with Gasteiger partial charge in [0.05, 0.1) is 5.69 Å². The fraction of sp³-hybridized carbons (Fsp3) is 0.316. The highest BCUT2D eigenvalue weighted by atomic mass is 32.2. The van der Waals surface area contributed by atoms with E-state index in [1.165, 1.54) is 11.1 Å². The molecule has 4 heteroatoms. The lowest BCUT2D eigenvalue weighted by Crippen LogP contribution is -2.21. The summed E-state index contributed by atoms with van der Waals surface area (Å²) in [6.07, 6.45) is 2.11. The number of nitrogens with zero attached hydrogens (tertiary/aromatic N) is 1. The number of rotatable bonds is 4. The van der Waals surface area contributed by atoms with Crippen LogP contribution in [-0.2, 0) is 12.8 Å². The lowest BCUT2D eigenvalue weighted by Gasteiger charge is -2.19. The third kappa shape index (κ3) is 3.77. The van der Waals surface area contributed by atoms with E-state index in [0.717, 1.165) is 29.8 Å². The number of hydrogen-bond donors (Lipinski definition) is 2. The molecule has 0 amide bonds. The minimum absolute atomic E-state index is 0.0256. The zero-order valence-electron chi connectivity index (χ0n) is 13.4. The third-order valence-corrected chi connectivity index (χ3v) is 5.05. The molecule has 0 fully saturated rings. The molecule has 2 aromatic rings. The second-order valence-corrected chi connectivity index (χ2v) is 7.23. The smallest absolute Gasteiger partial charge is 0.159 e. The molecule has 0 saturated carbocycles. The highest BCUT2D eigenvalue weighted by molar-refractivity contribution is 8.13. The molecule has 1 aliphatic rings. The van der Waals surface area contributed by atoms with Crippen molar-refractivity contribution in [2.75, 3.05) is 5.75 Å². The second kappa shape index (κ2) is 7.20. The molecule has 3 rings (SSSR count). The van der Waals surface area contributed by atoms with E-state index in [-0.39, 0.29) is 6.04 Å². The summed E-state index contributed by atoms with van der Waals surface area (Å²) >= 11 is 1.55. The standard InChI is InChI=1S/C19H23N3S/c1-2-23-19(21)22-17-9-5-8-15(12-17)18(20)16-10-13-6-3-4-7-14(13)11-16/h3-9,12,16,18H,2,10-11,20H2,1H3,(H2,21,22). The second-order valence-electron chi connectivity index (χ2n) is 5.94. The maximum Gasteiger partial charge on any atom is 0.159 e. The molecule has 0 heterocycles. The molecule has 0 aromatic heterocycles. The summed E-state index contributed by atoms with van der Waals surface area (Å²) in [6, 6.07) is 16.8. The third-order valence-electron chi connectivity index (χ3n) is 4.38. The van der Waals surface area contributed by atoms with Gasteiger partial charge in [0.15, 0.2) is 5.17 Å². The Morgan fingerprint density at radius 1 is 1.17 bits per heavy atom. The zero-order valence-corrected chi connectivity index (χ0v) is 14.2. The molecular weight excluding hydrogens is 302 g/mol. The van der Waals surface area contributed by atoms with Crippen LogP contribution < -0.4 is 11.5 Å². The quantitative estimate of drug-likeness (QED) is 0.664. The molecular formula is C19H23N3S.